The largest absolute Gasteiger partial charge is 0.392 e. The Balaban J connectivity index is 1.31. The average molecular weight is 453 g/mol. The van der Waals surface area contributed by atoms with Crippen LogP contribution in [0.4, 0.5) is 0 Å². The van der Waals surface area contributed by atoms with Crippen molar-refractivity contribution in [2.24, 2.45) is 46.3 Å². The minimum absolute atomic E-state index is 0.246. The number of aliphatic hydroxyl groups is 2. The Kier molecular flexibility index (Phi) is 6.26. The van der Waals surface area contributed by atoms with Crippen molar-refractivity contribution in [1.29, 1.82) is 0 Å². The molecule has 1 aromatic carbocycles. The SMILES string of the molecule is CCC1(O)CCC2(C)C(CCC3C2CCC2(C)C3CCC2[C@H](C)[C@H](O)Cc2ccccc2)C1. The Morgan fingerprint density at radius 1 is 0.909 bits per heavy atom. The van der Waals surface area contributed by atoms with Gasteiger partial charge in [-0.05, 0) is 123 Å². The Bertz CT molecular complexity index is 821. The topological polar surface area (TPSA) is 40.5 Å². The lowest BCUT2D eigenvalue weighted by Crippen LogP contribution is -2.56. The van der Waals surface area contributed by atoms with E-state index in [0.717, 1.165) is 43.4 Å². The zero-order valence-corrected chi connectivity index (χ0v) is 21.6. The van der Waals surface area contributed by atoms with Gasteiger partial charge in [0.15, 0.2) is 0 Å². The van der Waals surface area contributed by atoms with Gasteiger partial charge in [0.05, 0.1) is 11.7 Å². The standard InChI is InChI=1S/C31H48O2/c1-5-31(33)18-17-29(3)23(20-31)11-12-24-26-14-13-25(30(26,4)16-15-27(24)29)21(2)28(32)19-22-9-7-6-8-10-22/h6-10,21,23-28,32-33H,5,11-20H2,1-4H3/t21-,23?,24?,25?,26?,27?,28+,29?,30?,31?/m0/s1. The molecule has 0 spiro atoms. The van der Waals surface area contributed by atoms with Crippen molar-refractivity contribution in [2.75, 3.05) is 0 Å². The highest BCUT2D eigenvalue weighted by Crippen LogP contribution is 2.69. The fourth-order valence-electron chi connectivity index (χ4n) is 9.86. The monoisotopic (exact) mass is 452 g/mol. The molecule has 184 valence electrons. The van der Waals surface area contributed by atoms with Crippen molar-refractivity contribution in [2.45, 2.75) is 110 Å². The molecule has 4 aliphatic carbocycles. The molecular formula is C31H48O2. The van der Waals surface area contributed by atoms with Gasteiger partial charge in [0, 0.05) is 0 Å². The smallest absolute Gasteiger partial charge is 0.0648 e. The van der Waals surface area contributed by atoms with Crippen LogP contribution in [0, 0.1) is 46.3 Å². The molecule has 0 radical (unpaired) electrons. The van der Waals surface area contributed by atoms with Gasteiger partial charge in [-0.25, -0.2) is 0 Å². The normalized spacial score (nSPS) is 46.7. The predicted octanol–water partition coefficient (Wildman–Crippen LogP) is 7.03. The fourth-order valence-corrected chi connectivity index (χ4v) is 9.86. The lowest BCUT2D eigenvalue weighted by atomic mass is 9.43. The molecule has 33 heavy (non-hydrogen) atoms. The van der Waals surface area contributed by atoms with Crippen LogP contribution in [0.2, 0.25) is 0 Å². The first kappa shape index (κ1) is 23.9. The second-order valence-corrected chi connectivity index (χ2v) is 13.3. The molecule has 5 rings (SSSR count). The van der Waals surface area contributed by atoms with Crippen LogP contribution >= 0.6 is 0 Å². The number of hydrogen-bond donors (Lipinski definition) is 2. The van der Waals surface area contributed by atoms with E-state index in [1.807, 2.05) is 0 Å². The van der Waals surface area contributed by atoms with Crippen LogP contribution in [-0.4, -0.2) is 21.9 Å². The van der Waals surface area contributed by atoms with Crippen LogP contribution in [0.25, 0.3) is 0 Å². The molecular weight excluding hydrogens is 404 g/mol. The van der Waals surface area contributed by atoms with E-state index in [1.54, 1.807) is 0 Å². The molecule has 4 saturated carbocycles. The highest BCUT2D eigenvalue weighted by atomic mass is 16.3. The summed E-state index contributed by atoms with van der Waals surface area (Å²) in [5.74, 6) is 4.26. The summed E-state index contributed by atoms with van der Waals surface area (Å²) in [6, 6.07) is 10.5. The Morgan fingerprint density at radius 3 is 2.36 bits per heavy atom. The van der Waals surface area contributed by atoms with Crippen molar-refractivity contribution in [1.82, 2.24) is 0 Å². The van der Waals surface area contributed by atoms with Gasteiger partial charge in [-0.1, -0.05) is 58.0 Å². The van der Waals surface area contributed by atoms with Gasteiger partial charge < -0.3 is 10.2 Å². The van der Waals surface area contributed by atoms with Gasteiger partial charge in [-0.2, -0.15) is 0 Å². The summed E-state index contributed by atoms with van der Waals surface area (Å²) in [6.07, 6.45) is 12.8. The molecule has 0 bridgehead atoms. The van der Waals surface area contributed by atoms with E-state index in [-0.39, 0.29) is 6.10 Å². The van der Waals surface area contributed by atoms with Crippen LogP contribution in [0.1, 0.15) is 97.5 Å². The first-order chi connectivity index (χ1) is 15.7. The summed E-state index contributed by atoms with van der Waals surface area (Å²) in [7, 11) is 0. The van der Waals surface area contributed by atoms with E-state index in [2.05, 4.69) is 58.0 Å². The third-order valence-electron chi connectivity index (χ3n) is 12.1. The van der Waals surface area contributed by atoms with Crippen molar-refractivity contribution in [3.05, 3.63) is 35.9 Å². The van der Waals surface area contributed by atoms with Crippen LogP contribution in [0.15, 0.2) is 30.3 Å². The molecule has 2 heteroatoms. The maximum Gasteiger partial charge on any atom is 0.0648 e. The van der Waals surface area contributed by atoms with E-state index >= 15 is 0 Å². The zero-order valence-electron chi connectivity index (χ0n) is 21.6. The van der Waals surface area contributed by atoms with Crippen molar-refractivity contribution >= 4 is 0 Å². The third-order valence-corrected chi connectivity index (χ3v) is 12.1. The average Bonchev–Trinajstić information content (AvgIpc) is 3.17. The molecule has 8 unspecified atom stereocenters. The molecule has 0 heterocycles. The molecule has 1 aromatic rings. The van der Waals surface area contributed by atoms with E-state index in [4.69, 9.17) is 0 Å². The van der Waals surface area contributed by atoms with Crippen LogP contribution in [0.3, 0.4) is 0 Å². The molecule has 0 saturated heterocycles. The van der Waals surface area contributed by atoms with Crippen LogP contribution in [-0.2, 0) is 6.42 Å². The second-order valence-electron chi connectivity index (χ2n) is 13.3. The van der Waals surface area contributed by atoms with Gasteiger partial charge in [-0.3, -0.25) is 0 Å². The lowest BCUT2D eigenvalue weighted by molar-refractivity contribution is -0.154. The van der Waals surface area contributed by atoms with E-state index in [1.165, 1.54) is 50.5 Å². The Hall–Kier alpha value is -0.860. The maximum absolute atomic E-state index is 11.2. The predicted molar refractivity (Wildman–Crippen MR) is 136 cm³/mol. The van der Waals surface area contributed by atoms with Crippen LogP contribution < -0.4 is 0 Å². The van der Waals surface area contributed by atoms with Crippen molar-refractivity contribution in [3.63, 3.8) is 0 Å². The molecule has 0 aromatic heterocycles. The van der Waals surface area contributed by atoms with Crippen molar-refractivity contribution in [3.8, 4) is 0 Å². The van der Waals surface area contributed by atoms with Crippen LogP contribution in [0.5, 0.6) is 0 Å². The van der Waals surface area contributed by atoms with Crippen molar-refractivity contribution < 1.29 is 10.2 Å². The Morgan fingerprint density at radius 2 is 1.64 bits per heavy atom. The van der Waals surface area contributed by atoms with E-state index < -0.39 is 5.60 Å². The minimum atomic E-state index is -0.400. The first-order valence-corrected chi connectivity index (χ1v) is 14.1. The third kappa shape index (κ3) is 3.92. The number of rotatable bonds is 5. The fraction of sp³-hybridized carbons (Fsp3) is 0.806. The molecule has 2 nitrogen and oxygen atoms in total. The van der Waals surface area contributed by atoms with Gasteiger partial charge in [0.2, 0.25) is 0 Å². The Labute approximate surface area is 202 Å². The summed E-state index contributed by atoms with van der Waals surface area (Å²) < 4.78 is 0. The quantitative estimate of drug-likeness (QED) is 0.503. The molecule has 4 fully saturated rings. The highest BCUT2D eigenvalue weighted by molar-refractivity contribution is 5.16. The molecule has 0 aliphatic heterocycles. The van der Waals surface area contributed by atoms with Gasteiger partial charge >= 0.3 is 0 Å². The van der Waals surface area contributed by atoms with E-state index in [9.17, 15) is 10.2 Å². The number of aliphatic hydroxyl groups excluding tert-OH is 1. The summed E-state index contributed by atoms with van der Waals surface area (Å²) in [5, 5.41) is 22.3. The van der Waals surface area contributed by atoms with E-state index in [0.29, 0.717) is 28.6 Å². The second kappa shape index (κ2) is 8.66. The van der Waals surface area contributed by atoms with Gasteiger partial charge in [-0.15, -0.1) is 0 Å². The summed E-state index contributed by atoms with van der Waals surface area (Å²) in [4.78, 5) is 0. The summed E-state index contributed by atoms with van der Waals surface area (Å²) in [6.45, 7) is 9.71. The summed E-state index contributed by atoms with van der Waals surface area (Å²) >= 11 is 0. The number of hydrogen-bond acceptors (Lipinski definition) is 2. The zero-order chi connectivity index (χ0) is 23.4. The lowest BCUT2D eigenvalue weighted by Gasteiger charge is -2.62. The van der Waals surface area contributed by atoms with Gasteiger partial charge in [0.25, 0.3) is 0 Å². The molecule has 4 aliphatic rings. The van der Waals surface area contributed by atoms with Gasteiger partial charge in [0.1, 0.15) is 0 Å². The molecule has 0 amide bonds. The summed E-state index contributed by atoms with van der Waals surface area (Å²) in [5.41, 5.74) is 1.68. The minimum Gasteiger partial charge on any atom is -0.392 e. The first-order valence-electron chi connectivity index (χ1n) is 14.1. The maximum atomic E-state index is 11.2. The molecule has 2 N–H and O–H groups in total. The molecule has 10 atom stereocenters. The highest BCUT2D eigenvalue weighted by Gasteiger charge is 2.61. The number of fused-ring (bicyclic) bond motifs is 5. The number of benzene rings is 1.